The molecule has 0 aromatic heterocycles. The maximum absolute atomic E-state index is 11.6. The van der Waals surface area contributed by atoms with Gasteiger partial charge < -0.3 is 0 Å². The van der Waals surface area contributed by atoms with Crippen LogP contribution >= 0.6 is 22.4 Å². The SMILES string of the molecule is CS(=O)(=O)C1CSCCN1CCCS(=O)(=O)Cl. The van der Waals surface area contributed by atoms with Crippen molar-refractivity contribution in [2.45, 2.75) is 11.8 Å². The highest BCUT2D eigenvalue weighted by atomic mass is 35.7. The third-order valence-electron chi connectivity index (χ3n) is 2.52. The summed E-state index contributed by atoms with van der Waals surface area (Å²) >= 11 is 1.61. The van der Waals surface area contributed by atoms with Crippen LogP contribution < -0.4 is 0 Å². The van der Waals surface area contributed by atoms with E-state index in [1.165, 1.54) is 6.26 Å². The second-order valence-electron chi connectivity index (χ2n) is 3.99. The highest BCUT2D eigenvalue weighted by molar-refractivity contribution is 8.13. The fourth-order valence-electron chi connectivity index (χ4n) is 1.71. The van der Waals surface area contributed by atoms with Gasteiger partial charge in [-0.3, -0.25) is 4.90 Å². The Kier molecular flexibility index (Phi) is 5.58. The predicted octanol–water partition coefficient (Wildman–Crippen LogP) is 0.365. The van der Waals surface area contributed by atoms with Gasteiger partial charge in [0.2, 0.25) is 9.05 Å². The summed E-state index contributed by atoms with van der Waals surface area (Å²) in [5.74, 6) is 1.31. The van der Waals surface area contributed by atoms with Crippen molar-refractivity contribution in [1.82, 2.24) is 4.90 Å². The summed E-state index contributed by atoms with van der Waals surface area (Å²) in [6, 6.07) is 0. The van der Waals surface area contributed by atoms with Gasteiger partial charge in [-0.2, -0.15) is 11.8 Å². The molecule has 0 aliphatic carbocycles. The molecule has 102 valence electrons. The Morgan fingerprint density at radius 3 is 2.53 bits per heavy atom. The number of hydrogen-bond donors (Lipinski definition) is 0. The van der Waals surface area contributed by atoms with Crippen molar-refractivity contribution >= 4 is 41.3 Å². The van der Waals surface area contributed by atoms with Gasteiger partial charge in [-0.1, -0.05) is 0 Å². The number of thioether (sulfide) groups is 1. The van der Waals surface area contributed by atoms with Crippen LogP contribution in [0.4, 0.5) is 0 Å². The number of nitrogens with zero attached hydrogens (tertiary/aromatic N) is 1. The Hall–Kier alpha value is 0.500. The molecule has 0 aromatic rings. The average Bonchev–Trinajstić information content (AvgIpc) is 2.15. The first kappa shape index (κ1) is 15.6. The Bertz CT molecular complexity index is 447. The lowest BCUT2D eigenvalue weighted by molar-refractivity contribution is 0.271. The van der Waals surface area contributed by atoms with Gasteiger partial charge in [0.25, 0.3) is 0 Å². The largest absolute Gasteiger partial charge is 0.286 e. The third kappa shape index (κ3) is 5.78. The molecule has 1 saturated heterocycles. The molecule has 17 heavy (non-hydrogen) atoms. The molecule has 1 fully saturated rings. The molecule has 0 spiro atoms. The van der Waals surface area contributed by atoms with Crippen LogP contribution in [-0.2, 0) is 18.9 Å². The van der Waals surface area contributed by atoms with Crippen LogP contribution in [0.25, 0.3) is 0 Å². The van der Waals surface area contributed by atoms with Gasteiger partial charge in [0.1, 0.15) is 5.37 Å². The summed E-state index contributed by atoms with van der Waals surface area (Å²) < 4.78 is 44.7. The maximum atomic E-state index is 11.6. The average molecular weight is 322 g/mol. The third-order valence-corrected chi connectivity index (χ3v) is 6.44. The normalized spacial score (nSPS) is 23.8. The van der Waals surface area contributed by atoms with E-state index in [-0.39, 0.29) is 5.75 Å². The van der Waals surface area contributed by atoms with Gasteiger partial charge in [-0.15, -0.1) is 0 Å². The van der Waals surface area contributed by atoms with E-state index in [1.54, 1.807) is 11.8 Å². The lowest BCUT2D eigenvalue weighted by Gasteiger charge is -2.33. The first-order chi connectivity index (χ1) is 7.70. The molecular weight excluding hydrogens is 306 g/mol. The molecule has 9 heteroatoms. The topological polar surface area (TPSA) is 71.5 Å². The van der Waals surface area contributed by atoms with Crippen LogP contribution in [0, 0.1) is 0 Å². The van der Waals surface area contributed by atoms with Gasteiger partial charge in [0.15, 0.2) is 9.84 Å². The van der Waals surface area contributed by atoms with E-state index in [1.807, 2.05) is 4.90 Å². The lowest BCUT2D eigenvalue weighted by atomic mass is 10.4. The van der Waals surface area contributed by atoms with Crippen molar-refractivity contribution in [2.24, 2.45) is 0 Å². The van der Waals surface area contributed by atoms with Gasteiger partial charge in [0, 0.05) is 41.5 Å². The summed E-state index contributed by atoms with van der Waals surface area (Å²) in [4.78, 5) is 1.83. The van der Waals surface area contributed by atoms with Crippen LogP contribution in [0.5, 0.6) is 0 Å². The summed E-state index contributed by atoms with van der Waals surface area (Å²) in [6.45, 7) is 1.12. The summed E-state index contributed by atoms with van der Waals surface area (Å²) in [5.41, 5.74) is 0. The predicted molar refractivity (Wildman–Crippen MR) is 71.8 cm³/mol. The Morgan fingerprint density at radius 2 is 2.00 bits per heavy atom. The monoisotopic (exact) mass is 321 g/mol. The molecule has 1 heterocycles. The van der Waals surface area contributed by atoms with E-state index < -0.39 is 24.3 Å². The van der Waals surface area contributed by atoms with Crippen LogP contribution in [0.2, 0.25) is 0 Å². The molecule has 0 saturated carbocycles. The number of sulfone groups is 1. The molecule has 0 aromatic carbocycles. The van der Waals surface area contributed by atoms with E-state index in [4.69, 9.17) is 10.7 Å². The first-order valence-electron chi connectivity index (χ1n) is 5.13. The first-order valence-corrected chi connectivity index (χ1v) is 10.7. The molecular formula is C8H16ClNO4S3. The smallest absolute Gasteiger partial charge is 0.232 e. The molecule has 5 nitrogen and oxygen atoms in total. The number of hydrogen-bond acceptors (Lipinski definition) is 6. The van der Waals surface area contributed by atoms with Crippen LogP contribution in [0.15, 0.2) is 0 Å². The molecule has 0 bridgehead atoms. The van der Waals surface area contributed by atoms with E-state index in [0.29, 0.717) is 25.3 Å². The zero-order valence-electron chi connectivity index (χ0n) is 9.50. The highest BCUT2D eigenvalue weighted by Gasteiger charge is 2.30. The fraction of sp³-hybridized carbons (Fsp3) is 1.00. The summed E-state index contributed by atoms with van der Waals surface area (Å²) in [6.07, 6.45) is 1.58. The Morgan fingerprint density at radius 1 is 1.35 bits per heavy atom. The van der Waals surface area contributed by atoms with E-state index in [2.05, 4.69) is 0 Å². The molecule has 1 aliphatic rings. The van der Waals surface area contributed by atoms with Crippen LogP contribution in [0.3, 0.4) is 0 Å². The second kappa shape index (κ2) is 6.10. The van der Waals surface area contributed by atoms with E-state index in [0.717, 1.165) is 5.75 Å². The van der Waals surface area contributed by atoms with Gasteiger partial charge in [-0.25, -0.2) is 16.8 Å². The maximum Gasteiger partial charge on any atom is 0.232 e. The number of rotatable bonds is 5. The zero-order chi connectivity index (χ0) is 13.1. The zero-order valence-corrected chi connectivity index (χ0v) is 12.7. The molecule has 1 unspecified atom stereocenters. The molecule has 0 radical (unpaired) electrons. The Labute approximate surface area is 111 Å². The standard InChI is InChI=1S/C8H16ClNO4S3/c1-16(11,12)8-7-15-5-4-10(8)3-2-6-17(9,13)14/h8H,2-7H2,1H3. The lowest BCUT2D eigenvalue weighted by Crippen LogP contribution is -2.47. The van der Waals surface area contributed by atoms with E-state index >= 15 is 0 Å². The molecule has 0 N–H and O–H groups in total. The van der Waals surface area contributed by atoms with Gasteiger partial charge in [-0.05, 0) is 6.42 Å². The quantitative estimate of drug-likeness (QED) is 0.681. The minimum atomic E-state index is -3.49. The fourth-order valence-corrected chi connectivity index (χ4v) is 5.48. The second-order valence-corrected chi connectivity index (χ2v) is 10.2. The van der Waals surface area contributed by atoms with Crippen molar-refractivity contribution in [3.63, 3.8) is 0 Å². The summed E-state index contributed by atoms with van der Waals surface area (Å²) in [7, 11) is -1.50. The minimum absolute atomic E-state index is 0.116. The highest BCUT2D eigenvalue weighted by Crippen LogP contribution is 2.20. The number of halogens is 1. The Balaban J connectivity index is 2.55. The molecule has 0 amide bonds. The minimum Gasteiger partial charge on any atom is -0.286 e. The van der Waals surface area contributed by atoms with Crippen molar-refractivity contribution in [3.8, 4) is 0 Å². The molecule has 1 aliphatic heterocycles. The van der Waals surface area contributed by atoms with E-state index in [9.17, 15) is 16.8 Å². The van der Waals surface area contributed by atoms with Crippen molar-refractivity contribution < 1.29 is 16.8 Å². The molecule has 1 rings (SSSR count). The summed E-state index contributed by atoms with van der Waals surface area (Å²) in [5, 5.41) is -0.501. The van der Waals surface area contributed by atoms with Gasteiger partial charge >= 0.3 is 0 Å². The van der Waals surface area contributed by atoms with Crippen molar-refractivity contribution in [3.05, 3.63) is 0 Å². The van der Waals surface area contributed by atoms with Gasteiger partial charge in [0.05, 0.1) is 5.75 Å². The van der Waals surface area contributed by atoms with Crippen LogP contribution in [0.1, 0.15) is 6.42 Å². The molecule has 1 atom stereocenters. The van der Waals surface area contributed by atoms with Crippen LogP contribution in [-0.4, -0.2) is 63.7 Å². The van der Waals surface area contributed by atoms with Crippen molar-refractivity contribution in [1.29, 1.82) is 0 Å². The van der Waals surface area contributed by atoms with Crippen molar-refractivity contribution in [2.75, 3.05) is 36.6 Å².